The Labute approximate surface area is 166 Å². The molecule has 29 heavy (non-hydrogen) atoms. The molecule has 4 rings (SSSR count). The summed E-state index contributed by atoms with van der Waals surface area (Å²) in [5.41, 5.74) is 2.29. The van der Waals surface area contributed by atoms with Gasteiger partial charge in [0.25, 0.3) is 0 Å². The molecule has 0 fully saturated rings. The first-order valence-corrected chi connectivity index (χ1v) is 9.18. The Morgan fingerprint density at radius 2 is 2.10 bits per heavy atom. The summed E-state index contributed by atoms with van der Waals surface area (Å²) in [6.07, 6.45) is 5.60. The van der Waals surface area contributed by atoms with Gasteiger partial charge in [-0.1, -0.05) is 0 Å². The molecular formula is C18H20N10O. The highest BCUT2D eigenvalue weighted by atomic mass is 16.2. The van der Waals surface area contributed by atoms with E-state index in [4.69, 9.17) is 0 Å². The van der Waals surface area contributed by atoms with Crippen LogP contribution < -0.4 is 10.6 Å². The first-order chi connectivity index (χ1) is 14.1. The minimum absolute atomic E-state index is 0.148. The number of nitrogens with zero attached hydrogens (tertiary/aromatic N) is 8. The van der Waals surface area contributed by atoms with E-state index in [1.807, 2.05) is 38.1 Å². The predicted octanol–water partition coefficient (Wildman–Crippen LogP) is 1.72. The molecule has 2 N–H and O–H groups in total. The molecule has 0 saturated heterocycles. The molecule has 0 aliphatic rings. The Hall–Kier alpha value is -3.89. The van der Waals surface area contributed by atoms with Crippen molar-refractivity contribution < 1.29 is 4.79 Å². The molecule has 2 amide bonds. The lowest BCUT2D eigenvalue weighted by molar-refractivity contribution is 0.252. The van der Waals surface area contributed by atoms with Crippen LogP contribution in [0.5, 0.6) is 0 Å². The molecule has 11 nitrogen and oxygen atoms in total. The van der Waals surface area contributed by atoms with Gasteiger partial charge >= 0.3 is 6.03 Å². The van der Waals surface area contributed by atoms with Gasteiger partial charge in [0.2, 0.25) is 0 Å². The molecule has 0 saturated carbocycles. The number of carbonyl (C=O) groups is 1. The van der Waals surface area contributed by atoms with E-state index in [0.29, 0.717) is 30.3 Å². The third-order valence-corrected chi connectivity index (χ3v) is 4.08. The summed E-state index contributed by atoms with van der Waals surface area (Å²) in [6.45, 7) is 4.33. The van der Waals surface area contributed by atoms with Crippen LogP contribution in [0.15, 0.2) is 42.9 Å². The molecule has 0 atom stereocenters. The topological polar surface area (TPSA) is 128 Å². The molecule has 0 aliphatic carbocycles. The van der Waals surface area contributed by atoms with Gasteiger partial charge in [-0.25, -0.2) is 14.3 Å². The highest BCUT2D eigenvalue weighted by Crippen LogP contribution is 2.17. The summed E-state index contributed by atoms with van der Waals surface area (Å²) in [6, 6.07) is 7.26. The molecular weight excluding hydrogens is 372 g/mol. The number of fused-ring (bicyclic) bond motifs is 1. The van der Waals surface area contributed by atoms with Gasteiger partial charge in [-0.2, -0.15) is 9.90 Å². The second-order valence-electron chi connectivity index (χ2n) is 6.64. The van der Waals surface area contributed by atoms with Crippen molar-refractivity contribution in [3.8, 4) is 11.3 Å². The van der Waals surface area contributed by atoms with Crippen molar-refractivity contribution in [1.82, 2.24) is 45.1 Å². The monoisotopic (exact) mass is 392 g/mol. The smallest absolute Gasteiger partial charge is 0.320 e. The Kier molecular flexibility index (Phi) is 5.10. The quantitative estimate of drug-likeness (QED) is 0.511. The lowest BCUT2D eigenvalue weighted by Gasteiger charge is -2.03. The Bertz CT molecular complexity index is 1120. The lowest BCUT2D eigenvalue weighted by atomic mass is 10.2. The van der Waals surface area contributed by atoms with Gasteiger partial charge in [-0.15, -0.1) is 10.2 Å². The van der Waals surface area contributed by atoms with E-state index in [0.717, 1.165) is 11.3 Å². The number of aromatic nitrogens is 8. The molecule has 0 bridgehead atoms. The molecule has 0 aliphatic heterocycles. The van der Waals surface area contributed by atoms with Crippen molar-refractivity contribution in [2.24, 2.45) is 0 Å². The number of amides is 2. The van der Waals surface area contributed by atoms with Crippen LogP contribution in [0.25, 0.3) is 16.9 Å². The van der Waals surface area contributed by atoms with Crippen LogP contribution in [0.1, 0.15) is 25.7 Å². The van der Waals surface area contributed by atoms with Crippen LogP contribution >= 0.6 is 0 Å². The normalized spacial score (nSPS) is 11.1. The fourth-order valence-corrected chi connectivity index (χ4v) is 2.63. The average molecular weight is 392 g/mol. The van der Waals surface area contributed by atoms with Crippen molar-refractivity contribution >= 4 is 17.5 Å². The largest absolute Gasteiger partial charge is 0.337 e. The van der Waals surface area contributed by atoms with Crippen molar-refractivity contribution in [2.45, 2.75) is 26.3 Å². The minimum atomic E-state index is -0.364. The van der Waals surface area contributed by atoms with E-state index in [2.05, 4.69) is 41.1 Å². The van der Waals surface area contributed by atoms with E-state index in [1.54, 1.807) is 27.9 Å². The fraction of sp³-hybridized carbons (Fsp3) is 0.278. The van der Waals surface area contributed by atoms with E-state index in [9.17, 15) is 4.79 Å². The number of anilines is 1. The summed E-state index contributed by atoms with van der Waals surface area (Å²) >= 11 is 0. The van der Waals surface area contributed by atoms with Gasteiger partial charge in [-0.3, -0.25) is 10.3 Å². The number of rotatable bonds is 6. The number of imidazole rings is 1. The number of urea groups is 1. The number of nitrogens with one attached hydrogen (secondary N) is 2. The third kappa shape index (κ3) is 4.34. The van der Waals surface area contributed by atoms with Crippen LogP contribution in [-0.2, 0) is 6.42 Å². The maximum atomic E-state index is 12.1. The van der Waals surface area contributed by atoms with Crippen molar-refractivity contribution in [2.75, 3.05) is 11.9 Å². The highest BCUT2D eigenvalue weighted by molar-refractivity contribution is 5.88. The van der Waals surface area contributed by atoms with Gasteiger partial charge in [0.05, 0.1) is 17.9 Å². The highest BCUT2D eigenvalue weighted by Gasteiger charge is 2.09. The zero-order valence-corrected chi connectivity index (χ0v) is 16.0. The van der Waals surface area contributed by atoms with Crippen LogP contribution in [0.2, 0.25) is 0 Å². The number of hydrogen-bond donors (Lipinski definition) is 2. The number of carbonyl (C=O) groups excluding carboxylic acids is 1. The maximum absolute atomic E-state index is 12.1. The molecule has 11 heteroatoms. The molecule has 0 aromatic carbocycles. The number of hydrogen-bond acceptors (Lipinski definition) is 7. The Balaban J connectivity index is 1.35. The average Bonchev–Trinajstić information content (AvgIpc) is 3.34. The zero-order chi connectivity index (χ0) is 20.2. The van der Waals surface area contributed by atoms with Gasteiger partial charge in [0, 0.05) is 30.9 Å². The van der Waals surface area contributed by atoms with Crippen LogP contribution in [0, 0.1) is 0 Å². The second kappa shape index (κ2) is 8.00. The van der Waals surface area contributed by atoms with Crippen LogP contribution in [0.3, 0.4) is 0 Å². The lowest BCUT2D eigenvalue weighted by Crippen LogP contribution is -2.30. The van der Waals surface area contributed by atoms with Gasteiger partial charge in [-0.05, 0) is 43.3 Å². The summed E-state index contributed by atoms with van der Waals surface area (Å²) < 4.78 is 1.62. The molecule has 0 spiro atoms. The molecule has 4 aromatic rings. The maximum Gasteiger partial charge on any atom is 0.320 e. The first-order valence-electron chi connectivity index (χ1n) is 9.18. The second-order valence-corrected chi connectivity index (χ2v) is 6.64. The van der Waals surface area contributed by atoms with Crippen LogP contribution in [0.4, 0.5) is 10.6 Å². The van der Waals surface area contributed by atoms with Gasteiger partial charge < -0.3 is 5.32 Å². The van der Waals surface area contributed by atoms with E-state index in [-0.39, 0.29) is 12.1 Å². The molecule has 0 radical (unpaired) electrons. The Morgan fingerprint density at radius 1 is 1.21 bits per heavy atom. The molecule has 0 unspecified atom stereocenters. The van der Waals surface area contributed by atoms with Crippen molar-refractivity contribution in [3.05, 3.63) is 48.7 Å². The predicted molar refractivity (Wildman–Crippen MR) is 105 cm³/mol. The van der Waals surface area contributed by atoms with Gasteiger partial charge in [0.15, 0.2) is 17.3 Å². The summed E-state index contributed by atoms with van der Waals surface area (Å²) in [5, 5.41) is 22.1. The third-order valence-electron chi connectivity index (χ3n) is 4.08. The number of tetrazole rings is 1. The molecule has 4 aromatic heterocycles. The van der Waals surface area contributed by atoms with Crippen molar-refractivity contribution in [1.29, 1.82) is 0 Å². The van der Waals surface area contributed by atoms with Gasteiger partial charge in [0.1, 0.15) is 0 Å². The van der Waals surface area contributed by atoms with Crippen molar-refractivity contribution in [3.63, 3.8) is 0 Å². The zero-order valence-electron chi connectivity index (χ0n) is 16.0. The van der Waals surface area contributed by atoms with E-state index < -0.39 is 0 Å². The summed E-state index contributed by atoms with van der Waals surface area (Å²) in [5.74, 6) is 0.987. The molecule has 148 valence electrons. The summed E-state index contributed by atoms with van der Waals surface area (Å²) in [7, 11) is 0. The first kappa shape index (κ1) is 18.5. The fourth-order valence-electron chi connectivity index (χ4n) is 2.63. The van der Waals surface area contributed by atoms with E-state index >= 15 is 0 Å². The Morgan fingerprint density at radius 3 is 2.86 bits per heavy atom. The SMILES string of the molecule is CC(C)n1nnc(CCNC(=O)Nc2cn3nc(-c4cccnc4)ccc3n2)n1. The van der Waals surface area contributed by atoms with E-state index in [1.165, 1.54) is 0 Å². The standard InChI is InChI=1S/C18H20N10O/c1-12(2)28-25-15(23-26-28)7-9-20-18(29)22-16-11-27-17(21-16)6-5-14(24-27)13-4-3-8-19-10-13/h3-6,8,10-12H,7,9H2,1-2H3,(H2,20,22,29). The molecule has 4 heterocycles. The van der Waals surface area contributed by atoms with Crippen LogP contribution in [-0.4, -0.2) is 52.4 Å². The minimum Gasteiger partial charge on any atom is -0.337 e. The number of pyridine rings is 1. The summed E-state index contributed by atoms with van der Waals surface area (Å²) in [4.78, 5) is 22.1.